The van der Waals surface area contributed by atoms with Crippen molar-refractivity contribution in [3.05, 3.63) is 17.8 Å². The number of halogens is 1. The van der Waals surface area contributed by atoms with E-state index < -0.39 is 11.4 Å². The van der Waals surface area contributed by atoms with E-state index in [9.17, 15) is 9.59 Å². The first-order chi connectivity index (χ1) is 10.9. The summed E-state index contributed by atoms with van der Waals surface area (Å²) < 4.78 is 14.8. The number of ether oxygens (including phenoxy) is 2. The number of nitrogens with zero attached hydrogens (tertiary/aromatic N) is 2. The van der Waals surface area contributed by atoms with Crippen molar-refractivity contribution >= 4 is 23.5 Å². The fourth-order valence-corrected chi connectivity index (χ4v) is 2.00. The zero-order valence-corrected chi connectivity index (χ0v) is 14.7. The molecule has 0 bridgehead atoms. The summed E-state index contributed by atoms with van der Waals surface area (Å²) in [4.78, 5) is 29.7. The van der Waals surface area contributed by atoms with Gasteiger partial charge in [0.2, 0.25) is 11.8 Å². The smallest absolute Gasteiger partial charge is 0.360 e. The lowest BCUT2D eigenvalue weighted by atomic mass is 9.94. The lowest BCUT2D eigenvalue weighted by Gasteiger charge is -2.29. The van der Waals surface area contributed by atoms with E-state index in [2.05, 4.69) is 9.72 Å². The Hall–Kier alpha value is -1.60. The Balaban J connectivity index is 2.85. The number of aromatic nitrogens is 1. The molecule has 1 amide bonds. The van der Waals surface area contributed by atoms with E-state index in [0.717, 1.165) is 0 Å². The van der Waals surface area contributed by atoms with Gasteiger partial charge in [-0.05, 0) is 20.3 Å². The van der Waals surface area contributed by atoms with Crippen LogP contribution in [0, 0.1) is 5.41 Å². The first-order valence-corrected chi connectivity index (χ1v) is 7.76. The predicted molar refractivity (Wildman–Crippen MR) is 84.3 cm³/mol. The molecule has 0 fully saturated rings. The summed E-state index contributed by atoms with van der Waals surface area (Å²) in [5.41, 5.74) is -0.629. The highest BCUT2D eigenvalue weighted by atomic mass is 35.5. The van der Waals surface area contributed by atoms with Gasteiger partial charge in [-0.3, -0.25) is 4.79 Å². The normalized spacial score (nSPS) is 11.3. The number of rotatable bonds is 9. The molecule has 0 saturated carbocycles. The van der Waals surface area contributed by atoms with Gasteiger partial charge in [0.25, 0.3) is 0 Å². The van der Waals surface area contributed by atoms with Crippen molar-refractivity contribution in [3.8, 4) is 0 Å². The van der Waals surface area contributed by atoms with E-state index in [0.29, 0.717) is 19.6 Å². The second-order valence-corrected chi connectivity index (χ2v) is 5.98. The van der Waals surface area contributed by atoms with E-state index in [1.165, 1.54) is 13.4 Å². The number of carbonyl (C=O) groups is 2. The number of methoxy groups -OCH3 is 2. The highest BCUT2D eigenvalue weighted by molar-refractivity contribution is 6.19. The number of hydrogen-bond donors (Lipinski definition) is 0. The van der Waals surface area contributed by atoms with Crippen molar-refractivity contribution in [2.24, 2.45) is 5.41 Å². The summed E-state index contributed by atoms with van der Waals surface area (Å²) in [5, 5.41) is 0. The van der Waals surface area contributed by atoms with E-state index in [4.69, 9.17) is 20.8 Å². The van der Waals surface area contributed by atoms with Crippen LogP contribution >= 0.6 is 11.6 Å². The highest BCUT2D eigenvalue weighted by Gasteiger charge is 2.32. The van der Waals surface area contributed by atoms with Crippen LogP contribution in [-0.2, 0) is 20.8 Å². The lowest BCUT2D eigenvalue weighted by Crippen LogP contribution is -2.42. The molecule has 1 rings (SSSR count). The van der Waals surface area contributed by atoms with Crippen LogP contribution < -0.4 is 0 Å². The third-order valence-corrected chi connectivity index (χ3v) is 3.92. The number of oxazole rings is 1. The van der Waals surface area contributed by atoms with Crippen molar-refractivity contribution in [2.75, 3.05) is 33.3 Å². The topological polar surface area (TPSA) is 81.9 Å². The van der Waals surface area contributed by atoms with Gasteiger partial charge in [-0.15, -0.1) is 11.6 Å². The predicted octanol–water partition coefficient (Wildman–Crippen LogP) is 2.09. The van der Waals surface area contributed by atoms with Crippen LogP contribution in [0.1, 0.15) is 36.6 Å². The Morgan fingerprint density at radius 1 is 1.39 bits per heavy atom. The molecule has 0 spiro atoms. The summed E-state index contributed by atoms with van der Waals surface area (Å²) in [6.07, 6.45) is 1.89. The van der Waals surface area contributed by atoms with Crippen LogP contribution in [0.5, 0.6) is 0 Å². The molecule has 7 nitrogen and oxygen atoms in total. The first kappa shape index (κ1) is 19.4. The molecule has 0 aliphatic rings. The van der Waals surface area contributed by atoms with Crippen molar-refractivity contribution in [1.29, 1.82) is 0 Å². The monoisotopic (exact) mass is 346 g/mol. The molecule has 130 valence electrons. The van der Waals surface area contributed by atoms with Crippen molar-refractivity contribution in [3.63, 3.8) is 0 Å². The van der Waals surface area contributed by atoms with Crippen molar-refractivity contribution in [2.45, 2.75) is 26.8 Å². The molecule has 0 unspecified atom stereocenters. The molecule has 0 aliphatic heterocycles. The molecule has 0 saturated heterocycles. The van der Waals surface area contributed by atoms with Gasteiger partial charge < -0.3 is 18.8 Å². The van der Waals surface area contributed by atoms with Crippen LogP contribution in [0.25, 0.3) is 0 Å². The zero-order chi connectivity index (χ0) is 17.5. The minimum atomic E-state index is -0.702. The summed E-state index contributed by atoms with van der Waals surface area (Å²) in [5.74, 6) is -0.229. The van der Waals surface area contributed by atoms with Gasteiger partial charge in [-0.1, -0.05) is 0 Å². The summed E-state index contributed by atoms with van der Waals surface area (Å²) in [6.45, 7) is 4.72. The molecule has 23 heavy (non-hydrogen) atoms. The Morgan fingerprint density at radius 3 is 2.65 bits per heavy atom. The van der Waals surface area contributed by atoms with Gasteiger partial charge in [0.15, 0.2) is 5.69 Å². The largest absolute Gasteiger partial charge is 0.464 e. The van der Waals surface area contributed by atoms with E-state index in [1.807, 2.05) is 0 Å². The Labute approximate surface area is 140 Å². The minimum absolute atomic E-state index is 0.0726. The molecule has 0 radical (unpaired) electrons. The fraction of sp³-hybridized carbons (Fsp3) is 0.667. The molecule has 0 aliphatic carbocycles. The molecule has 8 heteroatoms. The average Bonchev–Trinajstić information content (AvgIpc) is 3.01. The summed E-state index contributed by atoms with van der Waals surface area (Å²) in [7, 11) is 2.87. The first-order valence-electron chi connectivity index (χ1n) is 7.22. The van der Waals surface area contributed by atoms with Crippen LogP contribution in [-0.4, -0.2) is 55.0 Å². The van der Waals surface area contributed by atoms with E-state index in [1.54, 1.807) is 25.9 Å². The van der Waals surface area contributed by atoms with Gasteiger partial charge >= 0.3 is 5.97 Å². The Kier molecular flexibility index (Phi) is 7.51. The van der Waals surface area contributed by atoms with Gasteiger partial charge in [0.1, 0.15) is 6.26 Å². The maximum Gasteiger partial charge on any atom is 0.360 e. The number of carbonyl (C=O) groups excluding carboxylic acids is 2. The third-order valence-electron chi connectivity index (χ3n) is 3.25. The second kappa shape index (κ2) is 8.88. The van der Waals surface area contributed by atoms with E-state index in [-0.39, 0.29) is 29.9 Å². The maximum atomic E-state index is 12.6. The van der Waals surface area contributed by atoms with Crippen LogP contribution in [0.3, 0.4) is 0 Å². The fourth-order valence-electron chi connectivity index (χ4n) is 1.88. The molecular weight excluding hydrogens is 324 g/mol. The Morgan fingerprint density at radius 2 is 2.09 bits per heavy atom. The van der Waals surface area contributed by atoms with Gasteiger partial charge in [0, 0.05) is 26.1 Å². The average molecular weight is 347 g/mol. The number of esters is 1. The standard InChI is InChI=1S/C15H23ClN2O5/c1-15(2,10-16)14(20)18(6-5-7-21-3)8-12-17-11(9-23-12)13(19)22-4/h9H,5-8,10H2,1-4H3. The van der Waals surface area contributed by atoms with Gasteiger partial charge in [-0.25, -0.2) is 9.78 Å². The quantitative estimate of drug-likeness (QED) is 0.387. The molecular formula is C15H23ClN2O5. The summed E-state index contributed by atoms with van der Waals surface area (Å²) in [6, 6.07) is 0. The SMILES string of the molecule is COCCCN(Cc1nc(C(=O)OC)co1)C(=O)C(C)(C)CCl. The highest BCUT2D eigenvalue weighted by Crippen LogP contribution is 2.22. The third kappa shape index (κ3) is 5.51. The van der Waals surface area contributed by atoms with Gasteiger partial charge in [0.05, 0.1) is 19.1 Å². The van der Waals surface area contributed by atoms with Crippen LogP contribution in [0.4, 0.5) is 0 Å². The second-order valence-electron chi connectivity index (χ2n) is 5.71. The lowest BCUT2D eigenvalue weighted by molar-refractivity contribution is -0.140. The molecule has 1 aromatic rings. The zero-order valence-electron chi connectivity index (χ0n) is 13.9. The minimum Gasteiger partial charge on any atom is -0.464 e. The van der Waals surface area contributed by atoms with Gasteiger partial charge in [-0.2, -0.15) is 0 Å². The van der Waals surface area contributed by atoms with E-state index >= 15 is 0 Å². The number of hydrogen-bond acceptors (Lipinski definition) is 6. The molecule has 0 aromatic carbocycles. The molecule has 1 heterocycles. The molecule has 1 aromatic heterocycles. The molecule has 0 N–H and O–H groups in total. The number of amides is 1. The molecule has 0 atom stereocenters. The maximum absolute atomic E-state index is 12.6. The van der Waals surface area contributed by atoms with Crippen molar-refractivity contribution in [1.82, 2.24) is 9.88 Å². The number of alkyl halides is 1. The summed E-state index contributed by atoms with van der Waals surface area (Å²) >= 11 is 5.89. The van der Waals surface area contributed by atoms with Crippen LogP contribution in [0.15, 0.2) is 10.7 Å². The Bertz CT molecular complexity index is 530. The van der Waals surface area contributed by atoms with Crippen molar-refractivity contribution < 1.29 is 23.5 Å². The van der Waals surface area contributed by atoms with Crippen LogP contribution in [0.2, 0.25) is 0 Å².